The lowest BCUT2D eigenvalue weighted by atomic mass is 10.1. The Morgan fingerprint density at radius 2 is 2.11 bits per heavy atom. The Morgan fingerprint density at radius 3 is 2.61 bits per heavy atom. The molecular weight excluding hydrogens is 298 g/mol. The summed E-state index contributed by atoms with van der Waals surface area (Å²) in [6.07, 6.45) is 0.495. The van der Waals surface area contributed by atoms with Gasteiger partial charge in [0.15, 0.2) is 0 Å². The number of amides is 1. The maximum absolute atomic E-state index is 11.9. The zero-order valence-electron chi connectivity index (χ0n) is 10.4. The number of carbonyl (C=O) groups is 2. The number of nitrogens with one attached hydrogen (secondary N) is 1. The molecule has 0 saturated heterocycles. The standard InChI is InChI=1S/C13H16BrNO3/c1-3-9(13(17)18)7-15-12(16)11-5-4-10(14)6-8(11)2/h4-6,9H,3,7H2,1-2H3,(H,15,16)(H,17,18). The molecule has 2 N–H and O–H groups in total. The van der Waals surface area contributed by atoms with Crippen molar-refractivity contribution in [1.82, 2.24) is 5.32 Å². The van der Waals surface area contributed by atoms with Crippen LogP contribution in [-0.2, 0) is 4.79 Å². The van der Waals surface area contributed by atoms with Gasteiger partial charge in [0.05, 0.1) is 5.92 Å². The molecule has 0 saturated carbocycles. The van der Waals surface area contributed by atoms with Crippen molar-refractivity contribution in [3.63, 3.8) is 0 Å². The van der Waals surface area contributed by atoms with Crippen molar-refractivity contribution in [1.29, 1.82) is 0 Å². The number of carboxylic acids is 1. The minimum absolute atomic E-state index is 0.153. The second-order valence-electron chi connectivity index (χ2n) is 4.11. The maximum atomic E-state index is 11.9. The fourth-order valence-corrected chi connectivity index (χ4v) is 2.07. The predicted octanol–water partition coefficient (Wildman–Crippen LogP) is 2.60. The maximum Gasteiger partial charge on any atom is 0.308 e. The minimum atomic E-state index is -0.884. The van der Waals surface area contributed by atoms with Crippen molar-refractivity contribution in [2.75, 3.05) is 6.54 Å². The van der Waals surface area contributed by atoms with Crippen LogP contribution >= 0.6 is 15.9 Å². The molecule has 5 heteroatoms. The Morgan fingerprint density at radius 1 is 1.44 bits per heavy atom. The van der Waals surface area contributed by atoms with Crippen LogP contribution in [0, 0.1) is 12.8 Å². The molecule has 98 valence electrons. The molecule has 1 unspecified atom stereocenters. The third kappa shape index (κ3) is 3.84. The number of hydrogen-bond acceptors (Lipinski definition) is 2. The summed E-state index contributed by atoms with van der Waals surface area (Å²) in [6.45, 7) is 3.78. The molecule has 0 bridgehead atoms. The van der Waals surface area contributed by atoms with E-state index >= 15 is 0 Å². The second kappa shape index (κ2) is 6.54. The van der Waals surface area contributed by atoms with Gasteiger partial charge in [0.2, 0.25) is 0 Å². The largest absolute Gasteiger partial charge is 0.481 e. The van der Waals surface area contributed by atoms with Gasteiger partial charge in [-0.2, -0.15) is 0 Å². The van der Waals surface area contributed by atoms with Gasteiger partial charge in [0.1, 0.15) is 0 Å². The molecule has 1 aromatic rings. The quantitative estimate of drug-likeness (QED) is 0.878. The SMILES string of the molecule is CCC(CNC(=O)c1ccc(Br)cc1C)C(=O)O. The summed E-state index contributed by atoms with van der Waals surface area (Å²) < 4.78 is 0.911. The van der Waals surface area contributed by atoms with Crippen LogP contribution in [0.15, 0.2) is 22.7 Å². The van der Waals surface area contributed by atoms with Gasteiger partial charge in [-0.1, -0.05) is 22.9 Å². The van der Waals surface area contributed by atoms with Crippen molar-refractivity contribution in [3.8, 4) is 0 Å². The van der Waals surface area contributed by atoms with Crippen LogP contribution in [0.3, 0.4) is 0 Å². The highest BCUT2D eigenvalue weighted by atomic mass is 79.9. The number of aryl methyl sites for hydroxylation is 1. The summed E-state index contributed by atoms with van der Waals surface area (Å²) >= 11 is 3.33. The minimum Gasteiger partial charge on any atom is -0.481 e. The molecule has 0 aliphatic heterocycles. The van der Waals surface area contributed by atoms with Crippen molar-refractivity contribution >= 4 is 27.8 Å². The third-order valence-electron chi connectivity index (χ3n) is 2.78. The van der Waals surface area contributed by atoms with Crippen molar-refractivity contribution < 1.29 is 14.7 Å². The average molecular weight is 314 g/mol. The van der Waals surface area contributed by atoms with E-state index in [0.29, 0.717) is 12.0 Å². The summed E-state index contributed by atoms with van der Waals surface area (Å²) in [4.78, 5) is 22.7. The Hall–Kier alpha value is -1.36. The molecule has 1 aromatic carbocycles. The fraction of sp³-hybridized carbons (Fsp3) is 0.385. The van der Waals surface area contributed by atoms with Crippen molar-refractivity contribution in [2.24, 2.45) is 5.92 Å². The zero-order chi connectivity index (χ0) is 13.7. The van der Waals surface area contributed by atoms with Gasteiger partial charge in [0.25, 0.3) is 5.91 Å². The number of carbonyl (C=O) groups excluding carboxylic acids is 1. The lowest BCUT2D eigenvalue weighted by Crippen LogP contribution is -2.32. The predicted molar refractivity (Wildman–Crippen MR) is 72.6 cm³/mol. The first-order valence-corrected chi connectivity index (χ1v) is 6.52. The van der Waals surface area contributed by atoms with Crippen LogP contribution < -0.4 is 5.32 Å². The molecule has 0 aromatic heterocycles. The fourth-order valence-electron chi connectivity index (χ4n) is 1.60. The van der Waals surface area contributed by atoms with E-state index in [2.05, 4.69) is 21.2 Å². The van der Waals surface area contributed by atoms with Gasteiger partial charge in [-0.15, -0.1) is 0 Å². The van der Waals surface area contributed by atoms with E-state index in [1.54, 1.807) is 19.1 Å². The lowest BCUT2D eigenvalue weighted by Gasteiger charge is -2.12. The van der Waals surface area contributed by atoms with Crippen LogP contribution in [0.5, 0.6) is 0 Å². The molecule has 0 aliphatic carbocycles. The number of benzene rings is 1. The molecule has 0 fully saturated rings. The van der Waals surface area contributed by atoms with E-state index in [1.807, 2.05) is 13.0 Å². The van der Waals surface area contributed by atoms with E-state index in [-0.39, 0.29) is 12.5 Å². The Balaban J connectivity index is 2.68. The number of hydrogen-bond donors (Lipinski definition) is 2. The summed E-state index contributed by atoms with van der Waals surface area (Å²) in [7, 11) is 0. The van der Waals surface area contributed by atoms with E-state index in [9.17, 15) is 9.59 Å². The van der Waals surface area contributed by atoms with Gasteiger partial charge in [-0.05, 0) is 37.1 Å². The Bertz CT molecular complexity index is 460. The molecule has 1 amide bonds. The van der Waals surface area contributed by atoms with E-state index in [0.717, 1.165) is 10.0 Å². The normalized spacial score (nSPS) is 11.9. The summed E-state index contributed by atoms with van der Waals surface area (Å²) in [5, 5.41) is 11.5. The summed E-state index contributed by atoms with van der Waals surface area (Å²) in [6, 6.07) is 5.36. The molecule has 0 spiro atoms. The molecule has 0 heterocycles. The molecule has 0 aliphatic rings. The van der Waals surface area contributed by atoms with Gasteiger partial charge in [0, 0.05) is 16.6 Å². The highest BCUT2D eigenvalue weighted by molar-refractivity contribution is 9.10. The van der Waals surface area contributed by atoms with E-state index in [4.69, 9.17) is 5.11 Å². The number of aliphatic carboxylic acids is 1. The van der Waals surface area contributed by atoms with Gasteiger partial charge < -0.3 is 10.4 Å². The van der Waals surface area contributed by atoms with E-state index < -0.39 is 11.9 Å². The molecule has 0 radical (unpaired) electrons. The topological polar surface area (TPSA) is 66.4 Å². The first-order valence-electron chi connectivity index (χ1n) is 5.72. The average Bonchev–Trinajstić information content (AvgIpc) is 2.28. The highest BCUT2D eigenvalue weighted by Crippen LogP contribution is 2.15. The Labute approximate surface area is 115 Å². The van der Waals surface area contributed by atoms with Gasteiger partial charge in [-0.25, -0.2) is 0 Å². The summed E-state index contributed by atoms with van der Waals surface area (Å²) in [5.41, 5.74) is 1.42. The molecular formula is C13H16BrNO3. The number of halogens is 1. The summed E-state index contributed by atoms with van der Waals surface area (Å²) in [5.74, 6) is -1.66. The highest BCUT2D eigenvalue weighted by Gasteiger charge is 2.17. The van der Waals surface area contributed by atoms with E-state index in [1.165, 1.54) is 0 Å². The van der Waals surface area contributed by atoms with Crippen molar-refractivity contribution in [2.45, 2.75) is 20.3 Å². The monoisotopic (exact) mass is 313 g/mol. The molecule has 1 rings (SSSR count). The molecule has 1 atom stereocenters. The first kappa shape index (κ1) is 14.7. The van der Waals surface area contributed by atoms with Crippen LogP contribution in [0.25, 0.3) is 0 Å². The van der Waals surface area contributed by atoms with Gasteiger partial charge in [-0.3, -0.25) is 9.59 Å². The smallest absolute Gasteiger partial charge is 0.308 e. The number of carboxylic acid groups (broad SMARTS) is 1. The number of rotatable bonds is 5. The molecule has 4 nitrogen and oxygen atoms in total. The van der Waals surface area contributed by atoms with Crippen LogP contribution in [-0.4, -0.2) is 23.5 Å². The molecule has 18 heavy (non-hydrogen) atoms. The first-order chi connectivity index (χ1) is 8.45. The van der Waals surface area contributed by atoms with Crippen LogP contribution in [0.2, 0.25) is 0 Å². The Kier molecular flexibility index (Phi) is 5.34. The van der Waals surface area contributed by atoms with Crippen LogP contribution in [0.1, 0.15) is 29.3 Å². The lowest BCUT2D eigenvalue weighted by molar-refractivity contribution is -0.141. The van der Waals surface area contributed by atoms with Crippen LogP contribution in [0.4, 0.5) is 0 Å². The second-order valence-corrected chi connectivity index (χ2v) is 5.03. The van der Waals surface area contributed by atoms with Gasteiger partial charge >= 0.3 is 5.97 Å². The zero-order valence-corrected chi connectivity index (χ0v) is 12.0. The third-order valence-corrected chi connectivity index (χ3v) is 3.28. The van der Waals surface area contributed by atoms with Crippen molar-refractivity contribution in [3.05, 3.63) is 33.8 Å².